The lowest BCUT2D eigenvalue weighted by atomic mass is 10.2. The van der Waals surface area contributed by atoms with Crippen LogP contribution in [0.15, 0.2) is 85.2 Å². The fourth-order valence-corrected chi connectivity index (χ4v) is 2.08. The summed E-state index contributed by atoms with van der Waals surface area (Å²) in [6.45, 7) is 0.840. The highest BCUT2D eigenvalue weighted by Crippen LogP contribution is 2.21. The lowest BCUT2D eigenvalue weighted by Gasteiger charge is -2.06. The maximum atomic E-state index is 5.85. The van der Waals surface area contributed by atoms with Gasteiger partial charge in [-0.2, -0.15) is 0 Å². The van der Waals surface area contributed by atoms with Crippen molar-refractivity contribution in [2.24, 2.45) is 0 Å². The van der Waals surface area contributed by atoms with E-state index in [0.717, 1.165) is 18.0 Å². The Hall–Kier alpha value is -2.13. The maximum Gasteiger partial charge on any atom is 0.173 e. The van der Waals surface area contributed by atoms with Crippen molar-refractivity contribution in [3.05, 3.63) is 90.8 Å². The summed E-state index contributed by atoms with van der Waals surface area (Å²) in [5.74, 6) is 1.72. The zero-order chi connectivity index (χ0) is 13.6. The normalized spacial score (nSPS) is 9.71. The van der Waals surface area contributed by atoms with E-state index in [9.17, 15) is 0 Å². The molecule has 21 heavy (non-hydrogen) atoms. The van der Waals surface area contributed by atoms with Crippen LogP contribution in [-0.2, 0) is 6.54 Å². The van der Waals surface area contributed by atoms with Crippen LogP contribution in [0.3, 0.4) is 0 Å². The molecule has 1 aromatic heterocycles. The lowest BCUT2D eigenvalue weighted by molar-refractivity contribution is -0.688. The van der Waals surface area contributed by atoms with Gasteiger partial charge in [0.05, 0.1) is 0 Å². The van der Waals surface area contributed by atoms with Crippen LogP contribution < -0.4 is 26.3 Å². The van der Waals surface area contributed by atoms with Gasteiger partial charge in [0.25, 0.3) is 0 Å². The van der Waals surface area contributed by atoms with Gasteiger partial charge in [-0.15, -0.1) is 0 Å². The molecule has 0 fully saturated rings. The minimum absolute atomic E-state index is 0. The molecule has 3 rings (SSSR count). The van der Waals surface area contributed by atoms with Crippen LogP contribution in [0.2, 0.25) is 0 Å². The molecular weight excluding hydrogens is 326 g/mol. The van der Waals surface area contributed by atoms with Gasteiger partial charge < -0.3 is 21.7 Å². The Morgan fingerprint density at radius 3 is 2.14 bits per heavy atom. The molecule has 0 radical (unpaired) electrons. The smallest absolute Gasteiger partial charge is 0.173 e. The third-order valence-corrected chi connectivity index (χ3v) is 3.02. The predicted molar refractivity (Wildman–Crippen MR) is 78.7 cm³/mol. The largest absolute Gasteiger partial charge is 1.00 e. The first-order valence-corrected chi connectivity index (χ1v) is 6.66. The fraction of sp³-hybridized carbons (Fsp3) is 0.0556. The topological polar surface area (TPSA) is 13.1 Å². The van der Waals surface area contributed by atoms with Crippen molar-refractivity contribution in [1.29, 1.82) is 0 Å². The molecule has 0 bridgehead atoms. The number of aromatic nitrogens is 1. The number of halogens is 1. The standard InChI is InChI=1S/C18H16NO.BrH/c1-3-9-17(10-4-1)20-18-11-7-8-16(14-18)15-19-12-5-2-6-13-19;/h1-14H,15H2;1H/q+1;/p-1. The highest BCUT2D eigenvalue weighted by Gasteiger charge is 2.03. The molecule has 0 aliphatic rings. The van der Waals surface area contributed by atoms with Gasteiger partial charge in [0, 0.05) is 17.7 Å². The van der Waals surface area contributed by atoms with Gasteiger partial charge in [0.2, 0.25) is 0 Å². The molecule has 0 aliphatic carbocycles. The second-order valence-corrected chi connectivity index (χ2v) is 4.61. The molecule has 0 amide bonds. The Morgan fingerprint density at radius 1 is 0.714 bits per heavy atom. The Labute approximate surface area is 135 Å². The second-order valence-electron chi connectivity index (χ2n) is 4.61. The van der Waals surface area contributed by atoms with Gasteiger partial charge in [-0.1, -0.05) is 36.4 Å². The number of benzene rings is 2. The molecule has 2 aromatic carbocycles. The summed E-state index contributed by atoms with van der Waals surface area (Å²) in [7, 11) is 0. The minimum Gasteiger partial charge on any atom is -1.00 e. The van der Waals surface area contributed by atoms with Crippen molar-refractivity contribution in [3.63, 3.8) is 0 Å². The number of ether oxygens (including phenoxy) is 1. The molecule has 3 heteroatoms. The van der Waals surface area contributed by atoms with Crippen LogP contribution in [0.25, 0.3) is 0 Å². The quantitative estimate of drug-likeness (QED) is 0.640. The molecule has 0 N–H and O–H groups in total. The first-order valence-electron chi connectivity index (χ1n) is 6.66. The Kier molecular flexibility index (Phi) is 5.52. The molecule has 0 unspecified atom stereocenters. The van der Waals surface area contributed by atoms with Crippen LogP contribution in [0.5, 0.6) is 11.5 Å². The molecule has 1 heterocycles. The maximum absolute atomic E-state index is 5.85. The van der Waals surface area contributed by atoms with Crippen molar-refractivity contribution in [1.82, 2.24) is 0 Å². The second kappa shape index (κ2) is 7.60. The lowest BCUT2D eigenvalue weighted by Crippen LogP contribution is -3.00. The monoisotopic (exact) mass is 341 g/mol. The van der Waals surface area contributed by atoms with E-state index in [1.165, 1.54) is 5.56 Å². The summed E-state index contributed by atoms with van der Waals surface area (Å²) in [4.78, 5) is 0. The van der Waals surface area contributed by atoms with E-state index >= 15 is 0 Å². The van der Waals surface area contributed by atoms with Crippen LogP contribution in [0, 0.1) is 0 Å². The number of hydrogen-bond acceptors (Lipinski definition) is 1. The van der Waals surface area contributed by atoms with Crippen LogP contribution in [0.4, 0.5) is 0 Å². The van der Waals surface area contributed by atoms with Gasteiger partial charge in [0.1, 0.15) is 11.5 Å². The van der Waals surface area contributed by atoms with E-state index in [2.05, 4.69) is 29.1 Å². The van der Waals surface area contributed by atoms with E-state index in [-0.39, 0.29) is 17.0 Å². The number of hydrogen-bond donors (Lipinski definition) is 0. The molecular formula is C18H16BrNO. The van der Waals surface area contributed by atoms with Crippen molar-refractivity contribution >= 4 is 0 Å². The third kappa shape index (κ3) is 4.43. The molecule has 106 valence electrons. The van der Waals surface area contributed by atoms with Crippen LogP contribution >= 0.6 is 0 Å². The fourth-order valence-electron chi connectivity index (χ4n) is 2.08. The summed E-state index contributed by atoms with van der Waals surface area (Å²) in [5.41, 5.74) is 1.22. The van der Waals surface area contributed by atoms with Crippen LogP contribution in [0.1, 0.15) is 5.56 Å². The third-order valence-electron chi connectivity index (χ3n) is 3.02. The van der Waals surface area contributed by atoms with Crippen molar-refractivity contribution in [2.75, 3.05) is 0 Å². The number of pyridine rings is 1. The van der Waals surface area contributed by atoms with E-state index in [0.29, 0.717) is 0 Å². The molecule has 0 saturated carbocycles. The Balaban J connectivity index is 0.00000161. The highest BCUT2D eigenvalue weighted by atomic mass is 79.9. The van der Waals surface area contributed by atoms with Gasteiger partial charge in [-0.05, 0) is 24.3 Å². The first-order chi connectivity index (χ1) is 9.90. The molecule has 0 saturated heterocycles. The zero-order valence-corrected chi connectivity index (χ0v) is 13.1. The highest BCUT2D eigenvalue weighted by molar-refractivity contribution is 5.33. The SMILES string of the molecule is [Br-].c1ccc(Oc2cccc(C[n+]3ccccc3)c2)cc1. The summed E-state index contributed by atoms with van der Waals surface area (Å²) in [5, 5.41) is 0. The Bertz CT molecular complexity index is 614. The molecule has 0 aliphatic heterocycles. The summed E-state index contributed by atoms with van der Waals surface area (Å²) < 4.78 is 7.99. The van der Waals surface area contributed by atoms with Gasteiger partial charge in [0.15, 0.2) is 18.9 Å². The summed E-state index contributed by atoms with van der Waals surface area (Å²) >= 11 is 0. The predicted octanol–water partition coefficient (Wildman–Crippen LogP) is 0.819. The molecule has 0 atom stereocenters. The van der Waals surface area contributed by atoms with E-state index < -0.39 is 0 Å². The Morgan fingerprint density at radius 2 is 1.38 bits per heavy atom. The zero-order valence-electron chi connectivity index (χ0n) is 11.5. The van der Waals surface area contributed by atoms with Crippen molar-refractivity contribution < 1.29 is 26.3 Å². The van der Waals surface area contributed by atoms with Gasteiger partial charge >= 0.3 is 0 Å². The average Bonchev–Trinajstić information content (AvgIpc) is 2.50. The average molecular weight is 342 g/mol. The van der Waals surface area contributed by atoms with E-state index in [1.807, 2.05) is 60.7 Å². The molecule has 0 spiro atoms. The van der Waals surface area contributed by atoms with Crippen LogP contribution in [-0.4, -0.2) is 0 Å². The summed E-state index contributed by atoms with van der Waals surface area (Å²) in [6, 6.07) is 24.1. The van der Waals surface area contributed by atoms with Gasteiger partial charge in [-0.3, -0.25) is 0 Å². The number of rotatable bonds is 4. The van der Waals surface area contributed by atoms with Crippen molar-refractivity contribution in [2.45, 2.75) is 6.54 Å². The van der Waals surface area contributed by atoms with Gasteiger partial charge in [-0.25, -0.2) is 4.57 Å². The first kappa shape index (κ1) is 15.3. The number of nitrogens with zero attached hydrogens (tertiary/aromatic N) is 1. The van der Waals surface area contributed by atoms with Crippen molar-refractivity contribution in [3.8, 4) is 11.5 Å². The molecule has 2 nitrogen and oxygen atoms in total. The van der Waals surface area contributed by atoms with E-state index in [4.69, 9.17) is 4.74 Å². The minimum atomic E-state index is 0. The van der Waals surface area contributed by atoms with E-state index in [1.54, 1.807) is 0 Å². The number of para-hydroxylation sites is 1. The molecule has 3 aromatic rings. The summed E-state index contributed by atoms with van der Waals surface area (Å²) in [6.07, 6.45) is 4.12.